The van der Waals surface area contributed by atoms with Gasteiger partial charge in [0.15, 0.2) is 0 Å². The smallest absolute Gasteiger partial charge is 0.370 e. The van der Waals surface area contributed by atoms with E-state index in [1.165, 1.54) is 6.92 Å². The minimum atomic E-state index is -1.02. The summed E-state index contributed by atoms with van der Waals surface area (Å²) in [6.45, 7) is 4.09. The third kappa shape index (κ3) is 9.64. The van der Waals surface area contributed by atoms with Crippen LogP contribution >= 0.6 is 11.8 Å². The summed E-state index contributed by atoms with van der Waals surface area (Å²) >= 11 is 0.672. The Kier molecular flexibility index (Phi) is 9.95. The van der Waals surface area contributed by atoms with E-state index >= 15 is 0 Å². The highest BCUT2D eigenvalue weighted by molar-refractivity contribution is 8.13. The largest absolute Gasteiger partial charge is 0.459 e. The van der Waals surface area contributed by atoms with E-state index in [1.807, 2.05) is 18.2 Å². The van der Waals surface area contributed by atoms with Crippen LogP contribution in [-0.4, -0.2) is 41.7 Å². The molecule has 8 nitrogen and oxygen atoms in total. The van der Waals surface area contributed by atoms with Crippen molar-refractivity contribution in [3.63, 3.8) is 0 Å². The topological polar surface area (TPSA) is 108 Å². The summed E-state index contributed by atoms with van der Waals surface area (Å²) in [5.41, 5.74) is 0.799. The van der Waals surface area contributed by atoms with Crippen molar-refractivity contribution in [2.75, 3.05) is 12.5 Å². The Balaban J connectivity index is 2.57. The van der Waals surface area contributed by atoms with E-state index in [0.29, 0.717) is 11.8 Å². The van der Waals surface area contributed by atoms with Crippen molar-refractivity contribution in [3.05, 3.63) is 35.9 Å². The monoisotopic (exact) mass is 397 g/mol. The number of carbonyl (C=O) groups is 4. The van der Waals surface area contributed by atoms with Gasteiger partial charge in [-0.1, -0.05) is 44.2 Å². The Bertz CT molecular complexity index is 648. The molecule has 0 radical (unpaired) electrons. The highest BCUT2D eigenvalue weighted by Gasteiger charge is 2.25. The average Bonchev–Trinajstić information content (AvgIpc) is 2.63. The Morgan fingerprint density at radius 1 is 1.04 bits per heavy atom. The van der Waals surface area contributed by atoms with Crippen molar-refractivity contribution in [1.29, 1.82) is 0 Å². The Morgan fingerprint density at radius 3 is 2.30 bits per heavy atom. The van der Waals surface area contributed by atoms with Gasteiger partial charge in [0.05, 0.1) is 0 Å². The minimum absolute atomic E-state index is 0.0509. The fourth-order valence-electron chi connectivity index (χ4n) is 1.69. The molecule has 0 heterocycles. The molecule has 0 spiro atoms. The molecule has 148 valence electrons. The highest BCUT2D eigenvalue weighted by Crippen LogP contribution is 2.11. The van der Waals surface area contributed by atoms with E-state index < -0.39 is 30.1 Å². The zero-order chi connectivity index (χ0) is 20.2. The second-order valence-corrected chi connectivity index (χ2v) is 6.72. The SMILES string of the molecule is CC(=O)OCOC(=O)SC[C@H](NC(=O)C(C)C)C(=O)OCc1ccccc1. The Morgan fingerprint density at radius 2 is 1.70 bits per heavy atom. The number of amides is 1. The molecule has 0 unspecified atom stereocenters. The molecule has 1 N–H and O–H groups in total. The molecule has 1 amide bonds. The number of thioether (sulfide) groups is 1. The first-order chi connectivity index (χ1) is 12.8. The molecule has 0 aliphatic rings. The molecule has 0 saturated heterocycles. The van der Waals surface area contributed by atoms with Crippen LogP contribution in [0.4, 0.5) is 4.79 Å². The van der Waals surface area contributed by atoms with Crippen LogP contribution in [0.25, 0.3) is 0 Å². The zero-order valence-corrected chi connectivity index (χ0v) is 16.2. The number of hydrogen-bond donors (Lipinski definition) is 1. The van der Waals surface area contributed by atoms with E-state index in [1.54, 1.807) is 26.0 Å². The first-order valence-corrected chi connectivity index (χ1v) is 9.22. The van der Waals surface area contributed by atoms with Crippen LogP contribution in [0.1, 0.15) is 26.3 Å². The maximum atomic E-state index is 12.3. The van der Waals surface area contributed by atoms with Crippen molar-refractivity contribution in [2.45, 2.75) is 33.4 Å². The van der Waals surface area contributed by atoms with Crippen molar-refractivity contribution in [2.24, 2.45) is 5.92 Å². The van der Waals surface area contributed by atoms with Crippen molar-refractivity contribution >= 4 is 34.9 Å². The van der Waals surface area contributed by atoms with Crippen LogP contribution < -0.4 is 5.32 Å². The van der Waals surface area contributed by atoms with Crippen LogP contribution in [0.3, 0.4) is 0 Å². The lowest BCUT2D eigenvalue weighted by Gasteiger charge is -2.18. The second kappa shape index (κ2) is 11.9. The van der Waals surface area contributed by atoms with E-state index in [9.17, 15) is 19.2 Å². The lowest BCUT2D eigenvalue weighted by Crippen LogP contribution is -2.45. The van der Waals surface area contributed by atoms with Gasteiger partial charge < -0.3 is 19.5 Å². The number of benzene rings is 1. The molecular formula is C18H23NO7S. The van der Waals surface area contributed by atoms with E-state index in [4.69, 9.17) is 4.74 Å². The van der Waals surface area contributed by atoms with Gasteiger partial charge >= 0.3 is 17.2 Å². The number of carbonyl (C=O) groups excluding carboxylic acids is 4. The number of esters is 2. The second-order valence-electron chi connectivity index (χ2n) is 5.77. The summed E-state index contributed by atoms with van der Waals surface area (Å²) in [5.74, 6) is -2.00. The normalized spacial score (nSPS) is 11.4. The standard InChI is InChI=1S/C18H23NO7S/c1-12(2)16(21)19-15(10-27-18(23)26-11-25-13(3)20)17(22)24-9-14-7-5-4-6-8-14/h4-8,12,15H,9-11H2,1-3H3,(H,19,21)/t15-/m0/s1. The van der Waals surface area contributed by atoms with Gasteiger partial charge in [-0.05, 0) is 17.3 Å². The number of ether oxygens (including phenoxy) is 3. The maximum absolute atomic E-state index is 12.3. The Hall–Kier alpha value is -2.55. The van der Waals surface area contributed by atoms with Gasteiger partial charge in [0.2, 0.25) is 12.7 Å². The molecule has 9 heteroatoms. The minimum Gasteiger partial charge on any atom is -0.459 e. The molecule has 0 bridgehead atoms. The molecule has 0 aliphatic carbocycles. The fraction of sp³-hybridized carbons (Fsp3) is 0.444. The summed E-state index contributed by atoms with van der Waals surface area (Å²) in [4.78, 5) is 46.5. The van der Waals surface area contributed by atoms with Crippen molar-refractivity contribution in [1.82, 2.24) is 5.32 Å². The molecule has 1 aromatic rings. The van der Waals surface area contributed by atoms with Crippen LogP contribution in [0.2, 0.25) is 0 Å². The third-order valence-corrected chi connectivity index (χ3v) is 4.01. The third-order valence-electron chi connectivity index (χ3n) is 3.16. The molecular weight excluding hydrogens is 374 g/mol. The molecule has 0 fully saturated rings. The first-order valence-electron chi connectivity index (χ1n) is 8.23. The number of rotatable bonds is 9. The molecule has 0 aliphatic heterocycles. The highest BCUT2D eigenvalue weighted by atomic mass is 32.2. The van der Waals surface area contributed by atoms with E-state index in [0.717, 1.165) is 5.56 Å². The summed E-state index contributed by atoms with van der Waals surface area (Å²) in [6.07, 6.45) is 0. The van der Waals surface area contributed by atoms with Crippen LogP contribution in [0.15, 0.2) is 30.3 Å². The lowest BCUT2D eigenvalue weighted by atomic mass is 10.2. The average molecular weight is 397 g/mol. The summed E-state index contributed by atoms with van der Waals surface area (Å²) in [6, 6.07) is 8.06. The molecule has 27 heavy (non-hydrogen) atoms. The predicted octanol–water partition coefficient (Wildman–Crippen LogP) is 2.26. The molecule has 1 aromatic carbocycles. The van der Waals surface area contributed by atoms with Gasteiger partial charge in [-0.25, -0.2) is 9.59 Å². The van der Waals surface area contributed by atoms with Gasteiger partial charge in [-0.2, -0.15) is 0 Å². The number of hydrogen-bond acceptors (Lipinski definition) is 8. The number of nitrogens with one attached hydrogen (secondary N) is 1. The quantitative estimate of drug-likeness (QED) is 0.499. The van der Waals surface area contributed by atoms with Crippen LogP contribution in [-0.2, 0) is 35.2 Å². The summed E-state index contributed by atoms with van der Waals surface area (Å²) in [7, 11) is 0. The lowest BCUT2D eigenvalue weighted by molar-refractivity contribution is -0.149. The molecule has 1 rings (SSSR count). The predicted molar refractivity (Wildman–Crippen MR) is 98.6 cm³/mol. The van der Waals surface area contributed by atoms with Crippen molar-refractivity contribution < 1.29 is 33.4 Å². The van der Waals surface area contributed by atoms with E-state index in [-0.39, 0.29) is 24.2 Å². The van der Waals surface area contributed by atoms with Gasteiger partial charge in [0.25, 0.3) is 0 Å². The van der Waals surface area contributed by atoms with Gasteiger partial charge in [0, 0.05) is 18.6 Å². The zero-order valence-electron chi connectivity index (χ0n) is 15.4. The summed E-state index contributed by atoms with van der Waals surface area (Å²) < 4.78 is 14.4. The fourth-order valence-corrected chi connectivity index (χ4v) is 2.34. The molecule has 0 saturated carbocycles. The summed E-state index contributed by atoms with van der Waals surface area (Å²) in [5, 5.41) is 1.81. The molecule has 1 atom stereocenters. The van der Waals surface area contributed by atoms with Crippen molar-refractivity contribution in [3.8, 4) is 0 Å². The van der Waals surface area contributed by atoms with E-state index in [2.05, 4.69) is 14.8 Å². The first kappa shape index (κ1) is 22.5. The molecule has 0 aromatic heterocycles. The van der Waals surface area contributed by atoms with Gasteiger partial charge in [-0.15, -0.1) is 0 Å². The van der Waals surface area contributed by atoms with Gasteiger partial charge in [-0.3, -0.25) is 9.59 Å². The van der Waals surface area contributed by atoms with Crippen LogP contribution in [0, 0.1) is 5.92 Å². The Labute approximate surface area is 161 Å². The van der Waals surface area contributed by atoms with Crippen LogP contribution in [0.5, 0.6) is 0 Å². The maximum Gasteiger partial charge on any atom is 0.370 e. The van der Waals surface area contributed by atoms with Gasteiger partial charge in [0.1, 0.15) is 12.6 Å².